The van der Waals surface area contributed by atoms with Crippen molar-refractivity contribution in [2.45, 2.75) is 31.4 Å². The second-order valence-electron chi connectivity index (χ2n) is 10.3. The van der Waals surface area contributed by atoms with E-state index in [0.717, 1.165) is 4.90 Å². The number of likely N-dealkylation sites (N-methyl/N-ethyl adjacent to an activating group) is 1. The van der Waals surface area contributed by atoms with Gasteiger partial charge in [-0.05, 0) is 19.6 Å². The number of hydrogen-bond donors (Lipinski definition) is 7. The van der Waals surface area contributed by atoms with Gasteiger partial charge in [0.15, 0.2) is 0 Å². The number of nitrogens with zero attached hydrogens (tertiary/aromatic N) is 3. The molecule has 9 amide bonds. The summed E-state index contributed by atoms with van der Waals surface area (Å²) in [5, 5.41) is 28.8. The number of amides is 9. The first kappa shape index (κ1) is 41.7. The van der Waals surface area contributed by atoms with Gasteiger partial charge >= 0.3 is 11.9 Å². The third kappa shape index (κ3) is 16.4. The SMILES string of the molecule is CCNC(=O)CN(CC(=O)O)C(=O)CNC(=O)CNC(=O)CN(CC(=O)O)C(=O)CNC(=O)CNC(=O)CCCN1C(=O)CC(SC)C1=O. The number of imide groups is 1. The summed E-state index contributed by atoms with van der Waals surface area (Å²) < 4.78 is 0. The maximum Gasteiger partial charge on any atom is 0.323 e. The lowest BCUT2D eigenvalue weighted by Gasteiger charge is -2.21. The zero-order valence-electron chi connectivity index (χ0n) is 26.9. The Bertz CT molecular complexity index is 1310. The molecule has 0 aromatic carbocycles. The van der Waals surface area contributed by atoms with E-state index in [4.69, 9.17) is 10.2 Å². The van der Waals surface area contributed by atoms with E-state index >= 15 is 0 Å². The van der Waals surface area contributed by atoms with Crippen LogP contribution in [0.5, 0.6) is 0 Å². The molecule has 1 heterocycles. The molecule has 0 aromatic rings. The smallest absolute Gasteiger partial charge is 0.323 e. The Morgan fingerprint density at radius 1 is 0.694 bits per heavy atom. The number of carbonyl (C=O) groups is 11. The van der Waals surface area contributed by atoms with Crippen LogP contribution in [0.1, 0.15) is 26.2 Å². The number of carboxylic acids is 2. The summed E-state index contributed by atoms with van der Waals surface area (Å²) in [7, 11) is 0. The van der Waals surface area contributed by atoms with Crippen LogP contribution in [0.25, 0.3) is 0 Å². The van der Waals surface area contributed by atoms with Crippen molar-refractivity contribution in [2.24, 2.45) is 0 Å². The number of nitrogens with one attached hydrogen (secondary N) is 5. The molecule has 21 nitrogen and oxygen atoms in total. The fraction of sp³-hybridized carbons (Fsp3) is 0.593. The Hall–Kier alpha value is -5.28. The minimum absolute atomic E-state index is 0.0496. The molecule has 7 N–H and O–H groups in total. The molecule has 1 fully saturated rings. The molecule has 1 saturated heterocycles. The molecule has 0 aromatic heterocycles. The molecule has 0 bridgehead atoms. The number of carboxylic acid groups (broad SMARTS) is 2. The van der Waals surface area contributed by atoms with E-state index in [1.54, 1.807) is 13.2 Å². The Morgan fingerprint density at radius 3 is 1.57 bits per heavy atom. The monoisotopic (exact) mass is 716 g/mol. The summed E-state index contributed by atoms with van der Waals surface area (Å²) in [6.07, 6.45) is 1.89. The van der Waals surface area contributed by atoms with E-state index in [0.29, 0.717) is 9.80 Å². The van der Waals surface area contributed by atoms with Crippen LogP contribution in [-0.2, 0) is 52.7 Å². The normalized spacial score (nSPS) is 13.6. The van der Waals surface area contributed by atoms with Crippen molar-refractivity contribution < 1.29 is 63.0 Å². The van der Waals surface area contributed by atoms with Crippen LogP contribution in [-0.4, -0.2) is 167 Å². The van der Waals surface area contributed by atoms with Crippen LogP contribution in [0.2, 0.25) is 0 Å². The molecular formula is C27H40N8O13S. The molecule has 0 spiro atoms. The van der Waals surface area contributed by atoms with E-state index in [1.165, 1.54) is 11.8 Å². The molecule has 49 heavy (non-hydrogen) atoms. The predicted molar refractivity (Wildman–Crippen MR) is 167 cm³/mol. The highest BCUT2D eigenvalue weighted by Crippen LogP contribution is 2.23. The standard InChI is InChI=1S/C27H40N8O13S/c1-3-28-20(39)12-33(14-25(44)45)23(42)10-32-19(38)9-30-21(40)13-34(15-26(46)47)24(43)11-31-18(37)8-29-17(36)5-4-6-35-22(41)7-16(49-2)27(35)48/h16H,3-15H2,1-2H3,(H,28,39)(H,29,36)(H,30,40)(H,31,37)(H,32,38)(H,44,45)(H,46,47). The van der Waals surface area contributed by atoms with Gasteiger partial charge in [0.05, 0.1) is 31.4 Å². The minimum atomic E-state index is -1.49. The van der Waals surface area contributed by atoms with Gasteiger partial charge in [0, 0.05) is 25.9 Å². The molecule has 0 aliphatic carbocycles. The maximum atomic E-state index is 12.5. The molecule has 22 heteroatoms. The van der Waals surface area contributed by atoms with Crippen molar-refractivity contribution in [3.63, 3.8) is 0 Å². The summed E-state index contributed by atoms with van der Waals surface area (Å²) >= 11 is 1.26. The molecule has 1 rings (SSSR count). The van der Waals surface area contributed by atoms with E-state index < -0.39 is 111 Å². The minimum Gasteiger partial charge on any atom is -0.480 e. The van der Waals surface area contributed by atoms with E-state index in [-0.39, 0.29) is 44.2 Å². The lowest BCUT2D eigenvalue weighted by molar-refractivity contribution is -0.146. The van der Waals surface area contributed by atoms with Gasteiger partial charge in [-0.2, -0.15) is 11.8 Å². The van der Waals surface area contributed by atoms with Gasteiger partial charge < -0.3 is 46.6 Å². The topological polar surface area (TPSA) is 298 Å². The average molecular weight is 717 g/mol. The number of aliphatic carboxylic acids is 2. The Labute approximate surface area is 284 Å². The second kappa shape index (κ2) is 21.6. The third-order valence-electron chi connectivity index (χ3n) is 6.44. The first-order chi connectivity index (χ1) is 23.1. The van der Waals surface area contributed by atoms with E-state index in [1.807, 2.05) is 0 Å². The van der Waals surface area contributed by atoms with Crippen molar-refractivity contribution in [3.8, 4) is 0 Å². The Kier molecular flexibility index (Phi) is 18.4. The molecule has 0 saturated carbocycles. The Morgan fingerprint density at radius 2 is 1.14 bits per heavy atom. The first-order valence-corrected chi connectivity index (χ1v) is 16.1. The third-order valence-corrected chi connectivity index (χ3v) is 7.38. The summed E-state index contributed by atoms with van der Waals surface area (Å²) in [5.41, 5.74) is 0. The van der Waals surface area contributed by atoms with Gasteiger partial charge in [0.25, 0.3) is 0 Å². The predicted octanol–water partition coefficient (Wildman–Crippen LogP) is -5.32. The van der Waals surface area contributed by atoms with Gasteiger partial charge in [0.2, 0.25) is 53.2 Å². The van der Waals surface area contributed by atoms with Gasteiger partial charge in [-0.3, -0.25) is 57.6 Å². The van der Waals surface area contributed by atoms with Crippen LogP contribution in [0.3, 0.4) is 0 Å². The first-order valence-electron chi connectivity index (χ1n) is 14.8. The zero-order valence-corrected chi connectivity index (χ0v) is 27.7. The summed E-state index contributed by atoms with van der Waals surface area (Å²) in [5.74, 6) is -9.27. The van der Waals surface area contributed by atoms with Gasteiger partial charge in [-0.15, -0.1) is 0 Å². The lowest BCUT2D eigenvalue weighted by Crippen LogP contribution is -2.50. The van der Waals surface area contributed by atoms with Crippen molar-refractivity contribution in [3.05, 3.63) is 0 Å². The maximum absolute atomic E-state index is 12.5. The summed E-state index contributed by atoms with van der Waals surface area (Å²) in [4.78, 5) is 134. The van der Waals surface area contributed by atoms with Crippen molar-refractivity contribution in [1.82, 2.24) is 41.3 Å². The summed E-state index contributed by atoms with van der Waals surface area (Å²) in [6, 6.07) is 0. The molecule has 0 radical (unpaired) electrons. The molecule has 1 atom stereocenters. The fourth-order valence-corrected chi connectivity index (χ4v) is 4.70. The van der Waals surface area contributed by atoms with Crippen LogP contribution >= 0.6 is 11.8 Å². The average Bonchev–Trinajstić information content (AvgIpc) is 3.30. The molecule has 1 unspecified atom stereocenters. The number of likely N-dealkylation sites (tertiary alicyclic amines) is 1. The summed E-state index contributed by atoms with van der Waals surface area (Å²) in [6.45, 7) is -3.94. The molecular weight excluding hydrogens is 676 g/mol. The highest BCUT2D eigenvalue weighted by atomic mass is 32.2. The lowest BCUT2D eigenvalue weighted by atomic mass is 10.2. The highest BCUT2D eigenvalue weighted by Gasteiger charge is 2.37. The highest BCUT2D eigenvalue weighted by molar-refractivity contribution is 8.00. The fourth-order valence-electron chi connectivity index (χ4n) is 4.06. The molecule has 1 aliphatic heterocycles. The molecule has 272 valence electrons. The van der Waals surface area contributed by atoms with Crippen LogP contribution < -0.4 is 26.6 Å². The molecule has 1 aliphatic rings. The van der Waals surface area contributed by atoms with Gasteiger partial charge in [-0.25, -0.2) is 0 Å². The van der Waals surface area contributed by atoms with Crippen molar-refractivity contribution in [1.29, 1.82) is 0 Å². The Balaban J connectivity index is 2.46. The number of rotatable bonds is 22. The van der Waals surface area contributed by atoms with Crippen LogP contribution in [0, 0.1) is 0 Å². The largest absolute Gasteiger partial charge is 0.480 e. The zero-order chi connectivity index (χ0) is 37.1. The van der Waals surface area contributed by atoms with E-state index in [9.17, 15) is 52.7 Å². The quantitative estimate of drug-likeness (QED) is 0.0515. The second-order valence-corrected chi connectivity index (χ2v) is 11.3. The van der Waals surface area contributed by atoms with Crippen LogP contribution in [0.4, 0.5) is 0 Å². The number of carbonyl (C=O) groups excluding carboxylic acids is 9. The number of hydrogen-bond acceptors (Lipinski definition) is 12. The van der Waals surface area contributed by atoms with E-state index in [2.05, 4.69) is 26.6 Å². The van der Waals surface area contributed by atoms with Gasteiger partial charge in [-0.1, -0.05) is 0 Å². The van der Waals surface area contributed by atoms with Gasteiger partial charge in [0.1, 0.15) is 26.2 Å². The van der Waals surface area contributed by atoms with Crippen molar-refractivity contribution in [2.75, 3.05) is 71.7 Å². The number of thioether (sulfide) groups is 1. The van der Waals surface area contributed by atoms with Crippen molar-refractivity contribution >= 4 is 76.9 Å². The van der Waals surface area contributed by atoms with Crippen LogP contribution in [0.15, 0.2) is 0 Å².